The Bertz CT molecular complexity index is 647. The van der Waals surface area contributed by atoms with Crippen molar-refractivity contribution >= 4 is 15.7 Å². The second kappa shape index (κ2) is 5.44. The number of sulfonamides is 1. The maximum absolute atomic E-state index is 12.3. The number of nitrogens with zero attached hydrogens (tertiary/aromatic N) is 1. The van der Waals surface area contributed by atoms with Gasteiger partial charge in [-0.1, -0.05) is 26.0 Å². The van der Waals surface area contributed by atoms with E-state index in [1.54, 1.807) is 12.1 Å². The second-order valence-corrected chi connectivity index (χ2v) is 8.16. The molecule has 0 radical (unpaired) electrons. The molecular weight excluding hydrogens is 284 g/mol. The molecular formula is C16H22N2O2S. The molecule has 2 saturated carbocycles. The van der Waals surface area contributed by atoms with E-state index in [-0.39, 0.29) is 4.90 Å². The lowest BCUT2D eigenvalue weighted by Gasteiger charge is -2.12. The average Bonchev–Trinajstić information content (AvgIpc) is 3.08. The first kappa shape index (κ1) is 14.6. The van der Waals surface area contributed by atoms with Crippen molar-refractivity contribution in [3.05, 3.63) is 29.8 Å². The summed E-state index contributed by atoms with van der Waals surface area (Å²) < 4.78 is 24.5. The van der Waals surface area contributed by atoms with Crippen molar-refractivity contribution in [2.24, 2.45) is 16.9 Å². The first-order valence-electron chi connectivity index (χ1n) is 7.64. The topological polar surface area (TPSA) is 58.5 Å². The summed E-state index contributed by atoms with van der Waals surface area (Å²) in [5, 5.41) is 4.19. The zero-order valence-corrected chi connectivity index (χ0v) is 13.4. The van der Waals surface area contributed by atoms with Crippen LogP contribution in [0, 0.1) is 11.8 Å². The fourth-order valence-electron chi connectivity index (χ4n) is 3.37. The van der Waals surface area contributed by atoms with Crippen LogP contribution in [0.15, 0.2) is 34.3 Å². The normalized spacial score (nSPS) is 26.7. The van der Waals surface area contributed by atoms with E-state index in [0.29, 0.717) is 11.8 Å². The lowest BCUT2D eigenvalue weighted by atomic mass is 9.99. The Hall–Kier alpha value is -1.36. The molecule has 2 atom stereocenters. The lowest BCUT2D eigenvalue weighted by molar-refractivity contribution is 0.579. The molecule has 0 amide bonds. The van der Waals surface area contributed by atoms with E-state index in [2.05, 4.69) is 23.8 Å². The number of hydrogen-bond donors (Lipinski definition) is 1. The summed E-state index contributed by atoms with van der Waals surface area (Å²) in [6, 6.07) is 7.03. The number of hydrazone groups is 1. The molecule has 4 nitrogen and oxygen atoms in total. The Morgan fingerprint density at radius 2 is 1.90 bits per heavy atom. The zero-order valence-electron chi connectivity index (χ0n) is 12.5. The molecule has 3 rings (SSSR count). The highest BCUT2D eigenvalue weighted by Crippen LogP contribution is 2.42. The van der Waals surface area contributed by atoms with E-state index in [1.165, 1.54) is 12.8 Å². The van der Waals surface area contributed by atoms with Crippen molar-refractivity contribution in [3.63, 3.8) is 0 Å². The van der Waals surface area contributed by atoms with Gasteiger partial charge in [0.1, 0.15) is 0 Å². The van der Waals surface area contributed by atoms with Gasteiger partial charge in [-0.25, -0.2) is 4.83 Å². The van der Waals surface area contributed by atoms with Crippen LogP contribution in [0.3, 0.4) is 0 Å². The molecule has 2 aliphatic rings. The predicted molar refractivity (Wildman–Crippen MR) is 83.7 cm³/mol. The van der Waals surface area contributed by atoms with Gasteiger partial charge in [-0.05, 0) is 61.1 Å². The molecule has 1 N–H and O–H groups in total. The van der Waals surface area contributed by atoms with E-state index in [1.807, 2.05) is 12.1 Å². The molecule has 2 aliphatic carbocycles. The van der Waals surface area contributed by atoms with E-state index in [4.69, 9.17) is 0 Å². The second-order valence-electron chi connectivity index (χ2n) is 6.50. The Labute approximate surface area is 126 Å². The van der Waals surface area contributed by atoms with Gasteiger partial charge in [0, 0.05) is 5.71 Å². The Morgan fingerprint density at radius 3 is 2.43 bits per heavy atom. The predicted octanol–water partition coefficient (Wildman–Crippen LogP) is 3.26. The van der Waals surface area contributed by atoms with Gasteiger partial charge < -0.3 is 0 Å². The minimum atomic E-state index is -3.54. The molecule has 0 aliphatic heterocycles. The molecule has 1 aromatic carbocycles. The SMILES string of the molecule is CC(C)c1ccc(S(=O)(=O)N/N=C2/C[C@@H]3CC[C@@H]2C3)cc1. The van der Waals surface area contributed by atoms with Crippen LogP contribution in [-0.2, 0) is 10.0 Å². The van der Waals surface area contributed by atoms with Gasteiger partial charge >= 0.3 is 0 Å². The van der Waals surface area contributed by atoms with Gasteiger partial charge in [-0.3, -0.25) is 0 Å². The summed E-state index contributed by atoms with van der Waals surface area (Å²) in [5.41, 5.74) is 2.17. The van der Waals surface area contributed by atoms with Crippen LogP contribution in [-0.4, -0.2) is 14.1 Å². The van der Waals surface area contributed by atoms with Crippen LogP contribution in [0.1, 0.15) is 51.0 Å². The van der Waals surface area contributed by atoms with Gasteiger partial charge in [0.15, 0.2) is 0 Å². The molecule has 0 heterocycles. The molecule has 5 heteroatoms. The molecule has 2 fully saturated rings. The van der Waals surface area contributed by atoms with E-state index < -0.39 is 10.0 Å². The number of rotatable bonds is 4. The minimum absolute atomic E-state index is 0.277. The first-order valence-corrected chi connectivity index (χ1v) is 9.12. The average molecular weight is 306 g/mol. The fourth-order valence-corrected chi connectivity index (χ4v) is 4.20. The van der Waals surface area contributed by atoms with Crippen molar-refractivity contribution in [1.29, 1.82) is 0 Å². The quantitative estimate of drug-likeness (QED) is 0.868. The Morgan fingerprint density at radius 1 is 1.19 bits per heavy atom. The number of hydrogen-bond acceptors (Lipinski definition) is 3. The highest BCUT2D eigenvalue weighted by molar-refractivity contribution is 7.89. The van der Waals surface area contributed by atoms with Crippen molar-refractivity contribution in [3.8, 4) is 0 Å². The lowest BCUT2D eigenvalue weighted by Crippen LogP contribution is -2.22. The smallest absolute Gasteiger partial charge is 0.200 e. The van der Waals surface area contributed by atoms with Crippen LogP contribution in [0.2, 0.25) is 0 Å². The third-order valence-electron chi connectivity index (χ3n) is 4.68. The third kappa shape index (κ3) is 2.98. The summed E-state index contributed by atoms with van der Waals surface area (Å²) in [4.78, 5) is 2.69. The minimum Gasteiger partial charge on any atom is -0.200 e. The molecule has 0 saturated heterocycles. The molecule has 2 bridgehead atoms. The van der Waals surface area contributed by atoms with Gasteiger partial charge in [-0.2, -0.15) is 13.5 Å². The Kier molecular flexibility index (Phi) is 3.78. The number of benzene rings is 1. The standard InChI is InChI=1S/C16H22N2O2S/c1-11(2)13-5-7-15(8-6-13)21(19,20)18-17-16-10-12-3-4-14(16)9-12/h5-8,11-12,14,18H,3-4,9-10H2,1-2H3/b17-16-/t12-,14-/m1/s1. The Balaban J connectivity index is 1.73. The molecule has 114 valence electrons. The first-order chi connectivity index (χ1) is 9.95. The molecule has 1 aromatic rings. The zero-order chi connectivity index (χ0) is 15.0. The summed E-state index contributed by atoms with van der Waals surface area (Å²) in [6.45, 7) is 4.17. The van der Waals surface area contributed by atoms with Gasteiger partial charge in [-0.15, -0.1) is 0 Å². The van der Waals surface area contributed by atoms with Crippen molar-refractivity contribution in [1.82, 2.24) is 4.83 Å². The third-order valence-corrected chi connectivity index (χ3v) is 5.90. The monoisotopic (exact) mass is 306 g/mol. The molecule has 0 unspecified atom stereocenters. The number of nitrogens with one attached hydrogen (secondary N) is 1. The van der Waals surface area contributed by atoms with Crippen LogP contribution in [0.4, 0.5) is 0 Å². The van der Waals surface area contributed by atoms with Crippen molar-refractivity contribution in [2.45, 2.75) is 50.3 Å². The van der Waals surface area contributed by atoms with Gasteiger partial charge in [0.05, 0.1) is 4.90 Å². The summed E-state index contributed by atoms with van der Waals surface area (Å²) in [5.74, 6) is 1.62. The largest absolute Gasteiger partial charge is 0.276 e. The summed E-state index contributed by atoms with van der Waals surface area (Å²) in [7, 11) is -3.54. The van der Waals surface area contributed by atoms with E-state index in [9.17, 15) is 8.42 Å². The maximum atomic E-state index is 12.3. The highest BCUT2D eigenvalue weighted by Gasteiger charge is 2.36. The van der Waals surface area contributed by atoms with E-state index in [0.717, 1.165) is 30.0 Å². The van der Waals surface area contributed by atoms with Crippen LogP contribution < -0.4 is 4.83 Å². The van der Waals surface area contributed by atoms with Crippen LogP contribution in [0.5, 0.6) is 0 Å². The fraction of sp³-hybridized carbons (Fsp3) is 0.562. The maximum Gasteiger partial charge on any atom is 0.276 e. The van der Waals surface area contributed by atoms with Crippen LogP contribution >= 0.6 is 0 Å². The molecule has 21 heavy (non-hydrogen) atoms. The van der Waals surface area contributed by atoms with E-state index >= 15 is 0 Å². The highest BCUT2D eigenvalue weighted by atomic mass is 32.2. The number of fused-ring (bicyclic) bond motifs is 2. The summed E-state index contributed by atoms with van der Waals surface area (Å²) >= 11 is 0. The van der Waals surface area contributed by atoms with Crippen molar-refractivity contribution < 1.29 is 8.42 Å². The van der Waals surface area contributed by atoms with Crippen molar-refractivity contribution in [2.75, 3.05) is 0 Å². The van der Waals surface area contributed by atoms with Gasteiger partial charge in [0.25, 0.3) is 10.0 Å². The van der Waals surface area contributed by atoms with Gasteiger partial charge in [0.2, 0.25) is 0 Å². The molecule has 0 spiro atoms. The molecule has 0 aromatic heterocycles. The van der Waals surface area contributed by atoms with Crippen LogP contribution in [0.25, 0.3) is 0 Å². The summed E-state index contributed by atoms with van der Waals surface area (Å²) in [6.07, 6.45) is 4.57.